The number of fused-ring (bicyclic) bond motifs is 1. The first-order valence-electron chi connectivity index (χ1n) is 9.20. The van der Waals surface area contributed by atoms with Gasteiger partial charge in [-0.3, -0.25) is 14.2 Å². The summed E-state index contributed by atoms with van der Waals surface area (Å²) in [6, 6.07) is 16.5. The smallest absolute Gasteiger partial charge is 0.267 e. The highest BCUT2D eigenvalue weighted by Gasteiger charge is 2.16. The minimum absolute atomic E-state index is 0.122. The number of carbonyl (C=O) groups excluding carboxylic acids is 1. The van der Waals surface area contributed by atoms with E-state index in [1.807, 2.05) is 50.2 Å². The second-order valence-electron chi connectivity index (χ2n) is 6.74. The van der Waals surface area contributed by atoms with Gasteiger partial charge in [-0.15, -0.1) is 11.3 Å². The Morgan fingerprint density at radius 2 is 1.93 bits per heavy atom. The number of aryl methyl sites for hydroxylation is 2. The third-order valence-electron chi connectivity index (χ3n) is 4.47. The lowest BCUT2D eigenvalue weighted by atomic mass is 10.2. The third-order valence-corrected chi connectivity index (χ3v) is 6.59. The Hall–Kier alpha value is -2.61. The van der Waals surface area contributed by atoms with Crippen LogP contribution in [0.1, 0.15) is 10.4 Å². The summed E-state index contributed by atoms with van der Waals surface area (Å²) in [5.74, 6) is -0.0567. The number of amides is 1. The zero-order valence-corrected chi connectivity index (χ0v) is 18.7. The number of hydrogen-bond acceptors (Lipinski definition) is 5. The van der Waals surface area contributed by atoms with Crippen LogP contribution >= 0.6 is 34.7 Å². The van der Waals surface area contributed by atoms with Gasteiger partial charge in [-0.25, -0.2) is 4.98 Å². The molecular weight excluding hydrogens is 438 g/mol. The molecule has 0 aliphatic heterocycles. The number of thioether (sulfide) groups is 1. The molecule has 0 spiro atoms. The lowest BCUT2D eigenvalue weighted by Gasteiger charge is -2.12. The van der Waals surface area contributed by atoms with Gasteiger partial charge in [0, 0.05) is 15.6 Å². The van der Waals surface area contributed by atoms with E-state index in [-0.39, 0.29) is 17.2 Å². The first-order chi connectivity index (χ1) is 14.4. The number of anilines is 1. The number of nitrogens with zero attached hydrogens (tertiary/aromatic N) is 2. The summed E-state index contributed by atoms with van der Waals surface area (Å²) >= 11 is 8.69. The maximum absolute atomic E-state index is 13.2. The molecule has 0 saturated heterocycles. The number of para-hydroxylation sites is 1. The van der Waals surface area contributed by atoms with Gasteiger partial charge in [-0.1, -0.05) is 41.6 Å². The second-order valence-corrected chi connectivity index (χ2v) is 9.36. The molecule has 2 aromatic heterocycles. The van der Waals surface area contributed by atoms with Gasteiger partial charge in [-0.05, 0) is 55.8 Å². The van der Waals surface area contributed by atoms with E-state index in [0.29, 0.717) is 26.1 Å². The van der Waals surface area contributed by atoms with Gasteiger partial charge in [0.2, 0.25) is 5.91 Å². The van der Waals surface area contributed by atoms with E-state index in [9.17, 15) is 9.59 Å². The lowest BCUT2D eigenvalue weighted by Crippen LogP contribution is -2.22. The Balaban J connectivity index is 1.64. The van der Waals surface area contributed by atoms with Gasteiger partial charge in [0.15, 0.2) is 5.16 Å². The number of hydrogen-bond donors (Lipinski definition) is 1. The van der Waals surface area contributed by atoms with Gasteiger partial charge in [0.05, 0.1) is 16.8 Å². The zero-order chi connectivity index (χ0) is 21.3. The van der Waals surface area contributed by atoms with Crippen molar-refractivity contribution < 1.29 is 4.79 Å². The monoisotopic (exact) mass is 455 g/mol. The third kappa shape index (κ3) is 4.28. The molecule has 8 heteroatoms. The molecule has 0 aliphatic carbocycles. The van der Waals surface area contributed by atoms with E-state index < -0.39 is 0 Å². The molecule has 1 amide bonds. The Bertz CT molecular complexity index is 1300. The number of aromatic nitrogens is 2. The molecule has 0 atom stereocenters. The molecule has 0 radical (unpaired) electrons. The predicted molar refractivity (Wildman–Crippen MR) is 125 cm³/mol. The summed E-state index contributed by atoms with van der Waals surface area (Å²) in [5.41, 5.74) is 2.18. The van der Waals surface area contributed by atoms with E-state index in [4.69, 9.17) is 11.6 Å². The zero-order valence-electron chi connectivity index (χ0n) is 16.3. The minimum Gasteiger partial charge on any atom is -0.325 e. The summed E-state index contributed by atoms with van der Waals surface area (Å²) in [7, 11) is 0. The van der Waals surface area contributed by atoms with E-state index in [0.717, 1.165) is 16.1 Å². The number of carbonyl (C=O) groups is 1. The van der Waals surface area contributed by atoms with Crippen molar-refractivity contribution in [1.82, 2.24) is 9.55 Å². The first kappa shape index (κ1) is 20.7. The van der Waals surface area contributed by atoms with Gasteiger partial charge in [0.25, 0.3) is 5.56 Å². The van der Waals surface area contributed by atoms with Gasteiger partial charge >= 0.3 is 0 Å². The Kier molecular flexibility index (Phi) is 5.94. The number of benzene rings is 2. The fraction of sp³-hybridized carbons (Fsp3) is 0.136. The second kappa shape index (κ2) is 8.63. The van der Waals surface area contributed by atoms with Crippen LogP contribution < -0.4 is 10.9 Å². The van der Waals surface area contributed by atoms with E-state index >= 15 is 0 Å². The molecule has 30 heavy (non-hydrogen) atoms. The van der Waals surface area contributed by atoms with Crippen LogP contribution in [0, 0.1) is 13.8 Å². The fourth-order valence-corrected chi connectivity index (χ4v) is 5.03. The normalized spacial score (nSPS) is 11.0. The highest BCUT2D eigenvalue weighted by molar-refractivity contribution is 7.99. The van der Waals surface area contributed by atoms with Gasteiger partial charge in [0.1, 0.15) is 4.83 Å². The fourth-order valence-electron chi connectivity index (χ4n) is 3.07. The molecule has 0 aliphatic rings. The number of rotatable bonds is 5. The van der Waals surface area contributed by atoms with Crippen molar-refractivity contribution >= 4 is 56.5 Å². The maximum atomic E-state index is 13.2. The van der Waals surface area contributed by atoms with Crippen LogP contribution in [0.25, 0.3) is 15.9 Å². The SMILES string of the molecule is Cc1cc2c(=O)n(-c3ccccc3)c(SCC(=O)Nc3ccc(Cl)cc3C)nc2s1. The molecule has 5 nitrogen and oxygen atoms in total. The average Bonchev–Trinajstić information content (AvgIpc) is 3.10. The highest BCUT2D eigenvalue weighted by Crippen LogP contribution is 2.26. The molecule has 4 rings (SSSR count). The van der Waals surface area contributed by atoms with Crippen molar-refractivity contribution in [2.75, 3.05) is 11.1 Å². The molecular formula is C22H18ClN3O2S2. The summed E-state index contributed by atoms with van der Waals surface area (Å²) in [6.07, 6.45) is 0. The van der Waals surface area contributed by atoms with Crippen LogP contribution in [-0.2, 0) is 4.79 Å². The van der Waals surface area contributed by atoms with Gasteiger partial charge in [-0.2, -0.15) is 0 Å². The molecule has 0 saturated carbocycles. The van der Waals surface area contributed by atoms with Crippen molar-refractivity contribution in [2.45, 2.75) is 19.0 Å². The molecule has 0 fully saturated rings. The van der Waals surface area contributed by atoms with Crippen LogP contribution in [0.3, 0.4) is 0 Å². The molecule has 0 bridgehead atoms. The number of halogens is 1. The molecule has 1 N–H and O–H groups in total. The summed E-state index contributed by atoms with van der Waals surface area (Å²) in [6.45, 7) is 3.84. The molecule has 2 aromatic carbocycles. The van der Waals surface area contributed by atoms with Crippen molar-refractivity contribution in [3.8, 4) is 5.69 Å². The van der Waals surface area contributed by atoms with E-state index in [1.54, 1.807) is 22.8 Å². The summed E-state index contributed by atoms with van der Waals surface area (Å²) < 4.78 is 1.57. The van der Waals surface area contributed by atoms with Crippen LogP contribution in [-0.4, -0.2) is 21.2 Å². The Morgan fingerprint density at radius 3 is 2.67 bits per heavy atom. The van der Waals surface area contributed by atoms with Crippen LogP contribution in [0.4, 0.5) is 5.69 Å². The number of nitrogens with one attached hydrogen (secondary N) is 1. The standard InChI is InChI=1S/C22H18ClN3O2S2/c1-13-10-15(23)8-9-18(13)24-19(27)12-29-22-25-20-17(11-14(2)30-20)21(28)26(22)16-6-4-3-5-7-16/h3-11H,12H2,1-2H3,(H,24,27). The van der Waals surface area contributed by atoms with Crippen LogP contribution in [0.5, 0.6) is 0 Å². The van der Waals surface area contributed by atoms with Crippen molar-refractivity contribution in [3.63, 3.8) is 0 Å². The van der Waals surface area contributed by atoms with E-state index in [2.05, 4.69) is 10.3 Å². The highest BCUT2D eigenvalue weighted by atomic mass is 35.5. The van der Waals surface area contributed by atoms with Crippen molar-refractivity contribution in [2.24, 2.45) is 0 Å². The molecule has 4 aromatic rings. The molecule has 2 heterocycles. The average molecular weight is 456 g/mol. The Morgan fingerprint density at radius 1 is 1.17 bits per heavy atom. The van der Waals surface area contributed by atoms with Crippen molar-refractivity contribution in [1.29, 1.82) is 0 Å². The minimum atomic E-state index is -0.179. The van der Waals surface area contributed by atoms with Gasteiger partial charge < -0.3 is 5.32 Å². The van der Waals surface area contributed by atoms with Crippen LogP contribution in [0.2, 0.25) is 5.02 Å². The maximum Gasteiger partial charge on any atom is 0.267 e. The van der Waals surface area contributed by atoms with Crippen molar-refractivity contribution in [3.05, 3.63) is 80.4 Å². The largest absolute Gasteiger partial charge is 0.325 e. The van der Waals surface area contributed by atoms with Crippen LogP contribution in [0.15, 0.2) is 64.5 Å². The molecule has 152 valence electrons. The number of thiophene rings is 1. The molecule has 0 unspecified atom stereocenters. The summed E-state index contributed by atoms with van der Waals surface area (Å²) in [5, 5.41) is 4.59. The Labute approximate surface area is 186 Å². The topological polar surface area (TPSA) is 64.0 Å². The lowest BCUT2D eigenvalue weighted by molar-refractivity contribution is -0.113. The van der Waals surface area contributed by atoms with E-state index in [1.165, 1.54) is 23.1 Å². The quantitative estimate of drug-likeness (QED) is 0.321. The predicted octanol–water partition coefficient (Wildman–Crippen LogP) is 5.45. The first-order valence-corrected chi connectivity index (χ1v) is 11.4. The summed E-state index contributed by atoms with van der Waals surface area (Å²) in [4.78, 5) is 32.1.